The van der Waals surface area contributed by atoms with Crippen molar-refractivity contribution in [3.8, 4) is 0 Å². The third-order valence-corrected chi connectivity index (χ3v) is 9.03. The van der Waals surface area contributed by atoms with Crippen LogP contribution < -0.4 is 10.2 Å². The Bertz CT molecular complexity index is 1400. The van der Waals surface area contributed by atoms with Crippen LogP contribution in [0.3, 0.4) is 0 Å². The molecule has 9 heteroatoms. The van der Waals surface area contributed by atoms with Crippen molar-refractivity contribution >= 4 is 11.6 Å². The first kappa shape index (κ1) is 26.0. The number of benzene rings is 2. The molecule has 0 spiro atoms. The Morgan fingerprint density at radius 2 is 1.95 bits per heavy atom. The van der Waals surface area contributed by atoms with Crippen LogP contribution in [0, 0.1) is 11.8 Å². The maximum absolute atomic E-state index is 14.2. The van der Waals surface area contributed by atoms with Gasteiger partial charge in [-0.25, -0.2) is 0 Å². The first-order chi connectivity index (χ1) is 18.5. The van der Waals surface area contributed by atoms with Gasteiger partial charge in [-0.3, -0.25) is 4.79 Å². The zero-order valence-corrected chi connectivity index (χ0v) is 22.6. The Kier molecular flexibility index (Phi) is 6.32. The molecule has 2 aliphatic carbocycles. The fraction of sp³-hybridized carbons (Fsp3) is 0.500. The number of aryl methyl sites for hydroxylation is 1. The molecule has 0 radical (unpaired) electrons. The molecular formula is C30H34F3N5O. The van der Waals surface area contributed by atoms with Crippen molar-refractivity contribution in [2.45, 2.75) is 76.7 Å². The second kappa shape index (κ2) is 9.47. The van der Waals surface area contributed by atoms with Gasteiger partial charge in [0.25, 0.3) is 5.91 Å². The number of hydrogen-bond donors (Lipinski definition) is 1. The lowest BCUT2D eigenvalue weighted by atomic mass is 9.67. The average Bonchev–Trinajstić information content (AvgIpc) is 3.43. The average molecular weight is 538 g/mol. The highest BCUT2D eigenvalue weighted by molar-refractivity contribution is 6.10. The summed E-state index contributed by atoms with van der Waals surface area (Å²) in [5, 5.41) is 11.9. The fourth-order valence-electron chi connectivity index (χ4n) is 6.56. The molecule has 1 aliphatic heterocycles. The lowest BCUT2D eigenvalue weighted by Crippen LogP contribution is -2.47. The predicted molar refractivity (Wildman–Crippen MR) is 142 cm³/mol. The zero-order chi connectivity index (χ0) is 27.5. The van der Waals surface area contributed by atoms with Crippen molar-refractivity contribution in [1.29, 1.82) is 0 Å². The molecule has 3 aliphatic rings. The summed E-state index contributed by atoms with van der Waals surface area (Å²) in [6, 6.07) is 10.5. The summed E-state index contributed by atoms with van der Waals surface area (Å²) in [6.07, 6.45) is 2.40. The molecule has 6 nitrogen and oxygen atoms in total. The summed E-state index contributed by atoms with van der Waals surface area (Å²) in [5.74, 6) is 1.51. The summed E-state index contributed by atoms with van der Waals surface area (Å²) in [6.45, 7) is 4.52. The molecule has 0 bridgehead atoms. The van der Waals surface area contributed by atoms with Crippen molar-refractivity contribution < 1.29 is 18.0 Å². The standard InChI is InChI=1S/C30H34F3N5O/c1-18-10-21(11-18)26(27-36-35-17-37(27)3)20-6-4-7-22(14-20)38-16-24-23(28(38)39)12-19(13-25(24)30(31,32)33)15-34-29(2)8-5-9-29/h4,6-7,12-14,17-18,21,26,34H,5,8-11,15-16H2,1-3H3/t18-,21-,26?. The molecule has 1 unspecified atom stereocenters. The van der Waals surface area contributed by atoms with Crippen LogP contribution in [0.25, 0.3) is 0 Å². The third-order valence-electron chi connectivity index (χ3n) is 9.03. The summed E-state index contributed by atoms with van der Waals surface area (Å²) >= 11 is 0. The molecule has 206 valence electrons. The van der Waals surface area contributed by atoms with Gasteiger partial charge in [0.05, 0.1) is 12.1 Å². The minimum absolute atomic E-state index is 0.00464. The lowest BCUT2D eigenvalue weighted by molar-refractivity contribution is -0.138. The summed E-state index contributed by atoms with van der Waals surface area (Å²) < 4.78 is 44.5. The van der Waals surface area contributed by atoms with Gasteiger partial charge in [0.2, 0.25) is 0 Å². The number of aromatic nitrogens is 3. The number of halogens is 3. The molecule has 2 heterocycles. The van der Waals surface area contributed by atoms with Crippen LogP contribution in [-0.4, -0.2) is 26.2 Å². The van der Waals surface area contributed by atoms with E-state index in [1.807, 2.05) is 29.8 Å². The van der Waals surface area contributed by atoms with Crippen LogP contribution >= 0.6 is 0 Å². The van der Waals surface area contributed by atoms with Crippen molar-refractivity contribution in [3.05, 3.63) is 76.4 Å². The number of carbonyl (C=O) groups is 1. The number of fused-ring (bicyclic) bond motifs is 1. The monoisotopic (exact) mass is 537 g/mol. The minimum atomic E-state index is -4.55. The smallest absolute Gasteiger partial charge is 0.320 e. The Morgan fingerprint density at radius 3 is 2.56 bits per heavy atom. The highest BCUT2D eigenvalue weighted by Gasteiger charge is 2.42. The van der Waals surface area contributed by atoms with Crippen LogP contribution in [0.4, 0.5) is 18.9 Å². The first-order valence-corrected chi connectivity index (χ1v) is 13.8. The third kappa shape index (κ3) is 4.75. The van der Waals surface area contributed by atoms with Crippen LogP contribution in [-0.2, 0) is 26.3 Å². The number of alkyl halides is 3. The Morgan fingerprint density at radius 1 is 1.18 bits per heavy atom. The molecule has 1 N–H and O–H groups in total. The van der Waals surface area contributed by atoms with Crippen molar-refractivity contribution in [1.82, 2.24) is 20.1 Å². The molecule has 1 atom stereocenters. The lowest BCUT2D eigenvalue weighted by Gasteiger charge is -2.39. The van der Waals surface area contributed by atoms with E-state index in [1.165, 1.54) is 11.0 Å². The number of carbonyl (C=O) groups excluding carboxylic acids is 1. The highest BCUT2D eigenvalue weighted by atomic mass is 19.4. The van der Waals surface area contributed by atoms with Gasteiger partial charge in [-0.05, 0) is 91.8 Å². The van der Waals surface area contributed by atoms with E-state index in [0.29, 0.717) is 29.6 Å². The maximum Gasteiger partial charge on any atom is 0.416 e. The summed E-state index contributed by atoms with van der Waals surface area (Å²) in [4.78, 5) is 15.1. The van der Waals surface area contributed by atoms with E-state index in [-0.39, 0.29) is 29.1 Å². The van der Waals surface area contributed by atoms with Gasteiger partial charge in [0.15, 0.2) is 0 Å². The molecule has 3 aromatic rings. The van der Waals surface area contributed by atoms with Gasteiger partial charge in [-0.2, -0.15) is 13.2 Å². The van der Waals surface area contributed by atoms with E-state index in [0.717, 1.165) is 43.5 Å². The van der Waals surface area contributed by atoms with Crippen LogP contribution in [0.1, 0.15) is 90.3 Å². The Labute approximate surface area is 226 Å². The van der Waals surface area contributed by atoms with Gasteiger partial charge in [-0.1, -0.05) is 19.1 Å². The molecule has 6 rings (SSSR count). The van der Waals surface area contributed by atoms with Gasteiger partial charge in [-0.15, -0.1) is 10.2 Å². The Hall–Kier alpha value is -3.20. The second-order valence-corrected chi connectivity index (χ2v) is 12.0. The van der Waals surface area contributed by atoms with Gasteiger partial charge < -0.3 is 14.8 Å². The number of hydrogen-bond acceptors (Lipinski definition) is 4. The number of amides is 1. The summed E-state index contributed by atoms with van der Waals surface area (Å²) in [7, 11) is 1.92. The van der Waals surface area contributed by atoms with Crippen LogP contribution in [0.5, 0.6) is 0 Å². The topological polar surface area (TPSA) is 63.1 Å². The first-order valence-electron chi connectivity index (χ1n) is 13.8. The van der Waals surface area contributed by atoms with E-state index in [2.05, 4.69) is 29.4 Å². The molecular weight excluding hydrogens is 503 g/mol. The van der Waals surface area contributed by atoms with E-state index < -0.39 is 17.6 Å². The Balaban J connectivity index is 1.33. The van der Waals surface area contributed by atoms with Gasteiger partial charge in [0, 0.05) is 36.3 Å². The normalized spacial score (nSPS) is 22.8. The van der Waals surface area contributed by atoms with Gasteiger partial charge in [0.1, 0.15) is 12.2 Å². The minimum Gasteiger partial charge on any atom is -0.320 e. The van der Waals surface area contributed by atoms with E-state index in [9.17, 15) is 18.0 Å². The molecule has 1 aromatic heterocycles. The molecule has 0 saturated heterocycles. The molecule has 2 fully saturated rings. The van der Waals surface area contributed by atoms with Crippen molar-refractivity contribution in [3.63, 3.8) is 0 Å². The molecule has 2 aromatic carbocycles. The zero-order valence-electron chi connectivity index (χ0n) is 22.6. The van der Waals surface area contributed by atoms with Crippen LogP contribution in [0.15, 0.2) is 42.7 Å². The van der Waals surface area contributed by atoms with E-state index >= 15 is 0 Å². The molecule has 1 amide bonds. The SMILES string of the molecule is Cn1cnnc1C(c1cccc(N2Cc3c(cc(CNC4(C)CCC4)cc3C(F)(F)F)C2=O)c1)[C@H]1C[C@H](C)C1. The number of anilines is 1. The number of nitrogens with one attached hydrogen (secondary N) is 1. The molecule has 39 heavy (non-hydrogen) atoms. The van der Waals surface area contributed by atoms with Crippen molar-refractivity contribution in [2.24, 2.45) is 18.9 Å². The van der Waals surface area contributed by atoms with Gasteiger partial charge >= 0.3 is 6.18 Å². The molecule has 2 saturated carbocycles. The summed E-state index contributed by atoms with van der Waals surface area (Å²) in [5.41, 5.74) is 1.51. The fourth-order valence-corrected chi connectivity index (χ4v) is 6.56. The quantitative estimate of drug-likeness (QED) is 0.390. The predicted octanol–water partition coefficient (Wildman–Crippen LogP) is 6.20. The van der Waals surface area contributed by atoms with E-state index in [1.54, 1.807) is 18.5 Å². The second-order valence-electron chi connectivity index (χ2n) is 12.0. The highest BCUT2D eigenvalue weighted by Crippen LogP contribution is 2.47. The number of rotatable bonds is 7. The van der Waals surface area contributed by atoms with Crippen molar-refractivity contribution in [2.75, 3.05) is 4.90 Å². The largest absolute Gasteiger partial charge is 0.416 e. The maximum atomic E-state index is 14.2. The van der Waals surface area contributed by atoms with E-state index in [4.69, 9.17) is 0 Å². The number of nitrogens with zero attached hydrogens (tertiary/aromatic N) is 4. The van der Waals surface area contributed by atoms with Crippen LogP contribution in [0.2, 0.25) is 0 Å².